The van der Waals surface area contributed by atoms with E-state index in [1.54, 1.807) is 12.7 Å². The fourth-order valence-electron chi connectivity index (χ4n) is 4.99. The van der Waals surface area contributed by atoms with E-state index < -0.39 is 40.5 Å². The largest absolute Gasteiger partial charge is 0.416 e. The number of nitrogens with one attached hydrogen (secondary N) is 1. The summed E-state index contributed by atoms with van der Waals surface area (Å²) in [5, 5.41) is 20.8. The summed E-state index contributed by atoms with van der Waals surface area (Å²) in [6.45, 7) is 1.96. The van der Waals surface area contributed by atoms with Crippen LogP contribution in [0.5, 0.6) is 0 Å². The number of nitriles is 1. The van der Waals surface area contributed by atoms with Gasteiger partial charge in [-0.25, -0.2) is 0 Å². The molecule has 12 heteroatoms. The minimum Gasteiger partial charge on any atom is -0.379 e. The minimum absolute atomic E-state index is 0.0936. The molecule has 0 aliphatic carbocycles. The SMILES string of the molecule is C[C@@H](COC[C@@]1(c2ccccc2)CC[C@](CC#N)(n2cnnc2)CN1)c1cc(C(F)(F)F)cc(C(F)(F)F)c1. The van der Waals surface area contributed by atoms with Crippen LogP contribution in [-0.4, -0.2) is 34.5 Å². The molecule has 0 amide bonds. The summed E-state index contributed by atoms with van der Waals surface area (Å²) in [7, 11) is 0. The molecule has 1 N–H and O–H groups in total. The van der Waals surface area contributed by atoms with Gasteiger partial charge in [-0.15, -0.1) is 10.2 Å². The van der Waals surface area contributed by atoms with E-state index in [0.29, 0.717) is 19.4 Å². The fourth-order valence-corrected chi connectivity index (χ4v) is 4.99. The van der Waals surface area contributed by atoms with E-state index in [-0.39, 0.29) is 31.3 Å². The lowest BCUT2D eigenvalue weighted by molar-refractivity contribution is -0.143. The van der Waals surface area contributed by atoms with E-state index in [9.17, 15) is 31.6 Å². The lowest BCUT2D eigenvalue weighted by atomic mass is 9.75. The van der Waals surface area contributed by atoms with Crippen molar-refractivity contribution in [1.29, 1.82) is 5.26 Å². The van der Waals surface area contributed by atoms with Crippen molar-refractivity contribution in [3.63, 3.8) is 0 Å². The molecule has 2 aromatic carbocycles. The van der Waals surface area contributed by atoms with Crippen molar-refractivity contribution in [2.75, 3.05) is 19.8 Å². The Labute approximate surface area is 221 Å². The summed E-state index contributed by atoms with van der Waals surface area (Å²) in [6, 6.07) is 13.3. The predicted molar refractivity (Wildman–Crippen MR) is 129 cm³/mol. The molecule has 0 saturated carbocycles. The maximum atomic E-state index is 13.3. The first-order valence-electron chi connectivity index (χ1n) is 12.3. The molecule has 6 nitrogen and oxygen atoms in total. The average Bonchev–Trinajstić information content (AvgIpc) is 3.45. The smallest absolute Gasteiger partial charge is 0.379 e. The van der Waals surface area contributed by atoms with Gasteiger partial charge in [-0.05, 0) is 42.2 Å². The third kappa shape index (κ3) is 6.25. The van der Waals surface area contributed by atoms with Crippen LogP contribution in [0.4, 0.5) is 26.3 Å². The van der Waals surface area contributed by atoms with Gasteiger partial charge in [-0.1, -0.05) is 37.3 Å². The maximum Gasteiger partial charge on any atom is 0.416 e. The molecule has 1 aliphatic rings. The molecule has 4 rings (SSSR count). The summed E-state index contributed by atoms with van der Waals surface area (Å²) in [4.78, 5) is 0. The normalized spacial score (nSPS) is 22.8. The van der Waals surface area contributed by atoms with E-state index >= 15 is 0 Å². The highest BCUT2D eigenvalue weighted by atomic mass is 19.4. The number of hydrogen-bond donors (Lipinski definition) is 1. The highest BCUT2D eigenvalue weighted by molar-refractivity contribution is 5.35. The Balaban J connectivity index is 1.53. The average molecular weight is 552 g/mol. The van der Waals surface area contributed by atoms with Crippen molar-refractivity contribution >= 4 is 0 Å². The number of rotatable bonds is 8. The molecule has 1 saturated heterocycles. The van der Waals surface area contributed by atoms with Gasteiger partial charge in [0, 0.05) is 12.5 Å². The third-order valence-electron chi connectivity index (χ3n) is 7.37. The van der Waals surface area contributed by atoms with Gasteiger partial charge in [0.2, 0.25) is 0 Å². The number of halogens is 6. The number of benzene rings is 2. The summed E-state index contributed by atoms with van der Waals surface area (Å²) in [6.07, 6.45) is -5.35. The summed E-state index contributed by atoms with van der Waals surface area (Å²) < 4.78 is 87.7. The molecule has 2 heterocycles. The van der Waals surface area contributed by atoms with E-state index in [1.807, 2.05) is 34.9 Å². The number of alkyl halides is 6. The molecule has 3 aromatic rings. The molecule has 208 valence electrons. The Morgan fingerprint density at radius 3 is 2.13 bits per heavy atom. The van der Waals surface area contributed by atoms with Crippen molar-refractivity contribution in [3.05, 3.63) is 83.4 Å². The van der Waals surface area contributed by atoms with Crippen LogP contribution >= 0.6 is 0 Å². The van der Waals surface area contributed by atoms with E-state index in [0.717, 1.165) is 17.7 Å². The first-order chi connectivity index (χ1) is 18.4. The molecule has 0 unspecified atom stereocenters. The first-order valence-corrected chi connectivity index (χ1v) is 12.3. The lowest BCUT2D eigenvalue weighted by Crippen LogP contribution is -2.58. The zero-order valence-electron chi connectivity index (χ0n) is 21.1. The molecule has 0 spiro atoms. The van der Waals surface area contributed by atoms with Gasteiger partial charge in [0.25, 0.3) is 0 Å². The van der Waals surface area contributed by atoms with Crippen LogP contribution in [0, 0.1) is 11.3 Å². The van der Waals surface area contributed by atoms with E-state index in [4.69, 9.17) is 4.74 Å². The van der Waals surface area contributed by atoms with Gasteiger partial charge in [-0.2, -0.15) is 31.6 Å². The summed E-state index contributed by atoms with van der Waals surface area (Å²) >= 11 is 0. The Kier molecular flexibility index (Phi) is 8.04. The topological polar surface area (TPSA) is 75.8 Å². The van der Waals surface area contributed by atoms with E-state index in [1.165, 1.54) is 6.92 Å². The van der Waals surface area contributed by atoms with Gasteiger partial charge in [-0.3, -0.25) is 0 Å². The summed E-state index contributed by atoms with van der Waals surface area (Å²) in [5.74, 6) is -0.737. The fraction of sp³-hybridized carbons (Fsp3) is 0.444. The first kappa shape index (κ1) is 28.6. The van der Waals surface area contributed by atoms with E-state index in [2.05, 4.69) is 21.6 Å². The van der Waals surface area contributed by atoms with Crippen LogP contribution in [0.3, 0.4) is 0 Å². The minimum atomic E-state index is -4.92. The Hall–Kier alpha value is -3.43. The zero-order chi connectivity index (χ0) is 28.3. The quantitative estimate of drug-likeness (QED) is 0.347. The van der Waals surface area contributed by atoms with Crippen LogP contribution in [-0.2, 0) is 28.2 Å². The van der Waals surface area contributed by atoms with Crippen molar-refractivity contribution < 1.29 is 31.1 Å². The molecular weight excluding hydrogens is 524 g/mol. The number of hydrogen-bond acceptors (Lipinski definition) is 5. The predicted octanol–water partition coefficient (Wildman–Crippen LogP) is 6.02. The van der Waals surface area contributed by atoms with Gasteiger partial charge in [0.1, 0.15) is 12.7 Å². The number of piperidine rings is 1. The van der Waals surface area contributed by atoms with Crippen LogP contribution < -0.4 is 5.32 Å². The Morgan fingerprint density at radius 1 is 1.00 bits per heavy atom. The standard InChI is InChI=1S/C27H27F6N5O/c1-19(20-11-22(26(28,29)30)13-23(12-20)27(31,32)33)14-39-16-25(21-5-3-2-4-6-21)8-7-24(9-10-34,15-35-25)38-17-36-37-18-38/h2-6,11-13,17-19,35H,7-9,14-16H2,1H3/t19-,24+,25+/m0/s1. The molecular formula is C27H27F6N5O. The van der Waals surface area contributed by atoms with Crippen LogP contribution in [0.2, 0.25) is 0 Å². The number of ether oxygens (including phenoxy) is 1. The van der Waals surface area contributed by atoms with Crippen molar-refractivity contribution in [2.45, 2.75) is 55.5 Å². The van der Waals surface area contributed by atoms with Crippen molar-refractivity contribution in [2.24, 2.45) is 0 Å². The molecule has 1 aromatic heterocycles. The third-order valence-corrected chi connectivity index (χ3v) is 7.37. The Morgan fingerprint density at radius 2 is 1.62 bits per heavy atom. The maximum absolute atomic E-state index is 13.3. The monoisotopic (exact) mass is 551 g/mol. The second-order valence-corrected chi connectivity index (χ2v) is 9.99. The molecule has 0 bridgehead atoms. The second-order valence-electron chi connectivity index (χ2n) is 9.99. The van der Waals surface area contributed by atoms with Gasteiger partial charge in [0.05, 0.1) is 47.9 Å². The van der Waals surface area contributed by atoms with Crippen molar-refractivity contribution in [1.82, 2.24) is 20.1 Å². The zero-order valence-corrected chi connectivity index (χ0v) is 21.1. The number of nitrogens with zero attached hydrogens (tertiary/aromatic N) is 4. The van der Waals surface area contributed by atoms with Crippen molar-refractivity contribution in [3.8, 4) is 6.07 Å². The van der Waals surface area contributed by atoms with Gasteiger partial charge in [0.15, 0.2) is 0 Å². The lowest BCUT2D eigenvalue weighted by Gasteiger charge is -2.47. The molecule has 3 atom stereocenters. The Bertz CT molecular complexity index is 1240. The molecule has 1 aliphatic heterocycles. The van der Waals surface area contributed by atoms with Crippen LogP contribution in [0.15, 0.2) is 61.2 Å². The van der Waals surface area contributed by atoms with Crippen LogP contribution in [0.1, 0.15) is 54.4 Å². The van der Waals surface area contributed by atoms with Crippen LogP contribution in [0.25, 0.3) is 0 Å². The molecule has 39 heavy (non-hydrogen) atoms. The summed E-state index contributed by atoms with van der Waals surface area (Å²) in [5.41, 5.74) is -3.14. The number of aromatic nitrogens is 3. The van der Waals surface area contributed by atoms with Gasteiger partial charge < -0.3 is 14.6 Å². The second kappa shape index (κ2) is 11.0. The van der Waals surface area contributed by atoms with Gasteiger partial charge >= 0.3 is 12.4 Å². The molecule has 0 radical (unpaired) electrons. The highest BCUT2D eigenvalue weighted by Gasteiger charge is 2.45. The highest BCUT2D eigenvalue weighted by Crippen LogP contribution is 2.40. The molecule has 1 fully saturated rings.